The highest BCUT2D eigenvalue weighted by Gasteiger charge is 2.59. The molecule has 0 aromatic carbocycles. The molecule has 3 heteroatoms. The fraction of sp³-hybridized carbons (Fsp3) is 0.900. The molecule has 4 fully saturated rings. The van der Waals surface area contributed by atoms with Crippen LogP contribution in [0.4, 0.5) is 0 Å². The lowest BCUT2D eigenvalue weighted by Crippen LogP contribution is -2.59. The van der Waals surface area contributed by atoms with Crippen molar-refractivity contribution in [1.29, 1.82) is 0 Å². The van der Waals surface area contributed by atoms with E-state index >= 15 is 0 Å². The quantitative estimate of drug-likeness (QED) is 0.630. The molecule has 7 atom stereocenters. The van der Waals surface area contributed by atoms with Gasteiger partial charge in [-0.1, -0.05) is 13.8 Å². The summed E-state index contributed by atoms with van der Waals surface area (Å²) in [7, 11) is 0. The fourth-order valence-electron chi connectivity index (χ4n) is 6.92. The molecule has 1 aliphatic heterocycles. The van der Waals surface area contributed by atoms with Crippen LogP contribution in [-0.2, 0) is 14.3 Å². The van der Waals surface area contributed by atoms with Crippen molar-refractivity contribution in [3.05, 3.63) is 0 Å². The van der Waals surface area contributed by atoms with Crippen LogP contribution in [0, 0.1) is 35.0 Å². The number of ketones is 1. The van der Waals surface area contributed by atoms with Crippen molar-refractivity contribution in [3.63, 3.8) is 0 Å². The van der Waals surface area contributed by atoms with Crippen molar-refractivity contribution < 1.29 is 14.3 Å². The van der Waals surface area contributed by atoms with Gasteiger partial charge in [-0.15, -0.1) is 0 Å². The molecule has 0 bridgehead atoms. The van der Waals surface area contributed by atoms with E-state index in [2.05, 4.69) is 20.8 Å². The molecule has 3 saturated carbocycles. The molecule has 3 nitrogen and oxygen atoms in total. The summed E-state index contributed by atoms with van der Waals surface area (Å²) >= 11 is 0. The Hall–Kier alpha value is -0.860. The number of carbonyl (C=O) groups is 2. The first-order chi connectivity index (χ1) is 10.8. The maximum atomic E-state index is 12.2. The van der Waals surface area contributed by atoms with E-state index in [0.717, 1.165) is 25.7 Å². The van der Waals surface area contributed by atoms with Gasteiger partial charge in [0.15, 0.2) is 0 Å². The van der Waals surface area contributed by atoms with Gasteiger partial charge in [0.1, 0.15) is 11.4 Å². The van der Waals surface area contributed by atoms with Crippen LogP contribution in [0.1, 0.15) is 72.1 Å². The molecular formula is C20H30O3. The molecular weight excluding hydrogens is 288 g/mol. The molecule has 128 valence electrons. The topological polar surface area (TPSA) is 43.4 Å². The van der Waals surface area contributed by atoms with Crippen molar-refractivity contribution in [2.45, 2.75) is 77.7 Å². The predicted molar refractivity (Wildman–Crippen MR) is 87.7 cm³/mol. The highest BCUT2D eigenvalue weighted by atomic mass is 16.6. The molecule has 3 aliphatic carbocycles. The Bertz CT molecular complexity index is 541. The van der Waals surface area contributed by atoms with Gasteiger partial charge in [0.2, 0.25) is 0 Å². The summed E-state index contributed by atoms with van der Waals surface area (Å²) in [5.74, 6) is 3.23. The second kappa shape index (κ2) is 5.07. The maximum Gasteiger partial charge on any atom is 0.306 e. The molecule has 0 aromatic heterocycles. The number of carbonyl (C=O) groups excluding carboxylic acids is 2. The number of ether oxygens (including phenoxy) is 1. The summed E-state index contributed by atoms with van der Waals surface area (Å²) in [5.41, 5.74) is 0.0921. The van der Waals surface area contributed by atoms with Crippen molar-refractivity contribution in [2.24, 2.45) is 35.0 Å². The fourth-order valence-corrected chi connectivity index (χ4v) is 6.92. The first-order valence-corrected chi connectivity index (χ1v) is 9.58. The highest BCUT2D eigenvalue weighted by Crippen LogP contribution is 2.63. The standard InChI is InChI=1S/C20H30O3/c1-12-11-19(2)13(10-17(12)21)4-5-14-15(19)8-9-20(3)16(14)6-7-18(22)23-20/h12-16H,4-11H2,1-3H3/t12-,13+,14-,15+,16+,19+,20+/m1/s1. The van der Waals surface area contributed by atoms with Gasteiger partial charge in [0.25, 0.3) is 0 Å². The molecule has 0 amide bonds. The molecule has 23 heavy (non-hydrogen) atoms. The van der Waals surface area contributed by atoms with Crippen LogP contribution in [0.2, 0.25) is 0 Å². The molecule has 0 unspecified atom stereocenters. The van der Waals surface area contributed by atoms with Crippen LogP contribution in [0.5, 0.6) is 0 Å². The van der Waals surface area contributed by atoms with E-state index in [0.29, 0.717) is 41.3 Å². The minimum atomic E-state index is -0.226. The number of Topliss-reactive ketones (excluding diaryl/α,β-unsaturated/α-hetero) is 1. The van der Waals surface area contributed by atoms with Crippen molar-refractivity contribution >= 4 is 11.8 Å². The van der Waals surface area contributed by atoms with Crippen LogP contribution >= 0.6 is 0 Å². The Kier molecular flexibility index (Phi) is 3.45. The number of hydrogen-bond acceptors (Lipinski definition) is 3. The number of hydrogen-bond donors (Lipinski definition) is 0. The molecule has 0 N–H and O–H groups in total. The Morgan fingerprint density at radius 3 is 2.61 bits per heavy atom. The van der Waals surface area contributed by atoms with Gasteiger partial charge >= 0.3 is 5.97 Å². The average molecular weight is 318 g/mol. The molecule has 1 saturated heterocycles. The van der Waals surface area contributed by atoms with Gasteiger partial charge in [0, 0.05) is 24.7 Å². The third-order valence-electron chi connectivity index (χ3n) is 8.15. The van der Waals surface area contributed by atoms with Gasteiger partial charge in [-0.3, -0.25) is 9.59 Å². The molecule has 4 aliphatic rings. The van der Waals surface area contributed by atoms with Gasteiger partial charge in [-0.05, 0) is 68.6 Å². The summed E-state index contributed by atoms with van der Waals surface area (Å²) in [6.45, 7) is 6.77. The summed E-state index contributed by atoms with van der Waals surface area (Å²) in [6.07, 6.45) is 8.07. The first-order valence-electron chi connectivity index (χ1n) is 9.58. The summed E-state index contributed by atoms with van der Waals surface area (Å²) in [5, 5.41) is 0. The second-order valence-corrected chi connectivity index (χ2v) is 9.30. The van der Waals surface area contributed by atoms with Gasteiger partial charge in [-0.25, -0.2) is 0 Å². The third kappa shape index (κ3) is 2.21. The smallest absolute Gasteiger partial charge is 0.306 e. The lowest BCUT2D eigenvalue weighted by atomic mass is 9.45. The predicted octanol–water partition coefficient (Wildman–Crippen LogP) is 4.14. The van der Waals surface area contributed by atoms with E-state index in [9.17, 15) is 9.59 Å². The zero-order chi connectivity index (χ0) is 16.4. The Labute approximate surface area is 139 Å². The highest BCUT2D eigenvalue weighted by molar-refractivity contribution is 5.82. The Morgan fingerprint density at radius 1 is 1.04 bits per heavy atom. The molecule has 0 spiro atoms. The molecule has 0 aromatic rings. The first kappa shape index (κ1) is 15.7. The number of esters is 1. The lowest BCUT2D eigenvalue weighted by molar-refractivity contribution is -0.203. The van der Waals surface area contributed by atoms with E-state index in [1.54, 1.807) is 0 Å². The SMILES string of the molecule is C[C@@H]1C[C@@]2(C)[C@@H](CC[C@@H]3[C@@H]2CC[C@]2(C)OC(=O)CC[C@@H]32)CC1=O. The van der Waals surface area contributed by atoms with Crippen LogP contribution in [0.25, 0.3) is 0 Å². The second-order valence-electron chi connectivity index (χ2n) is 9.30. The zero-order valence-electron chi connectivity index (χ0n) is 14.8. The summed E-state index contributed by atoms with van der Waals surface area (Å²) in [4.78, 5) is 24.0. The largest absolute Gasteiger partial charge is 0.459 e. The van der Waals surface area contributed by atoms with Crippen LogP contribution in [-0.4, -0.2) is 17.4 Å². The summed E-state index contributed by atoms with van der Waals surface area (Å²) in [6, 6.07) is 0. The normalized spacial score (nSPS) is 52.9. The third-order valence-corrected chi connectivity index (χ3v) is 8.15. The van der Waals surface area contributed by atoms with Gasteiger partial charge in [-0.2, -0.15) is 0 Å². The zero-order valence-corrected chi connectivity index (χ0v) is 14.8. The van der Waals surface area contributed by atoms with E-state index in [-0.39, 0.29) is 17.5 Å². The average Bonchev–Trinajstić information content (AvgIpc) is 2.47. The van der Waals surface area contributed by atoms with Crippen LogP contribution in [0.3, 0.4) is 0 Å². The van der Waals surface area contributed by atoms with Crippen molar-refractivity contribution in [3.8, 4) is 0 Å². The van der Waals surface area contributed by atoms with Crippen molar-refractivity contribution in [1.82, 2.24) is 0 Å². The monoisotopic (exact) mass is 318 g/mol. The lowest BCUT2D eigenvalue weighted by Gasteiger charge is -2.61. The molecule has 0 radical (unpaired) electrons. The Morgan fingerprint density at radius 2 is 1.83 bits per heavy atom. The van der Waals surface area contributed by atoms with Crippen LogP contribution < -0.4 is 0 Å². The van der Waals surface area contributed by atoms with E-state index in [4.69, 9.17) is 4.74 Å². The van der Waals surface area contributed by atoms with Crippen LogP contribution in [0.15, 0.2) is 0 Å². The minimum Gasteiger partial charge on any atom is -0.459 e. The number of fused-ring (bicyclic) bond motifs is 5. The van der Waals surface area contributed by atoms with E-state index in [1.807, 2.05) is 0 Å². The molecule has 4 rings (SSSR count). The van der Waals surface area contributed by atoms with Gasteiger partial charge < -0.3 is 4.74 Å². The van der Waals surface area contributed by atoms with Gasteiger partial charge in [0.05, 0.1) is 0 Å². The minimum absolute atomic E-state index is 0.000942. The summed E-state index contributed by atoms with van der Waals surface area (Å²) < 4.78 is 5.84. The van der Waals surface area contributed by atoms with Crippen molar-refractivity contribution in [2.75, 3.05) is 0 Å². The number of rotatable bonds is 0. The van der Waals surface area contributed by atoms with E-state index < -0.39 is 0 Å². The molecule has 1 heterocycles. The van der Waals surface area contributed by atoms with E-state index in [1.165, 1.54) is 19.3 Å². The Balaban J connectivity index is 1.63. The maximum absolute atomic E-state index is 12.2.